The number of rotatable bonds is 19. The number of nitrogens with zero attached hydrogens (tertiary/aromatic N) is 5. The van der Waals surface area contributed by atoms with Crippen LogP contribution < -0.4 is 10.2 Å². The van der Waals surface area contributed by atoms with Crippen LogP contribution in [0.3, 0.4) is 0 Å². The van der Waals surface area contributed by atoms with Gasteiger partial charge in [0.2, 0.25) is 5.43 Å². The lowest BCUT2D eigenvalue weighted by atomic mass is 9.88. The standard InChI is InChI=1S/C47H53N5O3/c1-4-43(38-16-10-8-11-17-38)46(40-18-12-9-13-19-40)41-24-26-42(27-25-41)55-33-32-50(3)34-37-20-22-39(23-21-37)44-35-52(49-48-44)30-15-7-5-6-14-29-51-31-28-45(53)47(54)36(51)2/h8-13,16-28,31,35,54H,4-7,14-15,29-30,32-34H2,1-3H3/b46-43-. The summed E-state index contributed by atoms with van der Waals surface area (Å²) in [4.78, 5) is 13.8. The Hall–Kier alpha value is -5.73. The summed E-state index contributed by atoms with van der Waals surface area (Å²) < 4.78 is 10.1. The highest BCUT2D eigenvalue weighted by Crippen LogP contribution is 2.35. The number of aromatic nitrogens is 4. The Balaban J connectivity index is 0.925. The molecule has 6 aromatic rings. The van der Waals surface area contributed by atoms with Gasteiger partial charge < -0.3 is 14.4 Å². The molecule has 0 aliphatic carbocycles. The Morgan fingerprint density at radius 2 is 1.40 bits per heavy atom. The van der Waals surface area contributed by atoms with Crippen molar-refractivity contribution in [3.8, 4) is 22.8 Å². The third-order valence-electron chi connectivity index (χ3n) is 10.2. The highest BCUT2D eigenvalue weighted by molar-refractivity contribution is 5.98. The van der Waals surface area contributed by atoms with Crippen LogP contribution in [-0.2, 0) is 19.6 Å². The number of pyridine rings is 1. The van der Waals surface area contributed by atoms with Gasteiger partial charge in [0.25, 0.3) is 0 Å². The molecule has 284 valence electrons. The zero-order valence-corrected chi connectivity index (χ0v) is 32.4. The first kappa shape index (κ1) is 39.0. The van der Waals surface area contributed by atoms with Crippen LogP contribution in [0.5, 0.6) is 11.5 Å². The first-order valence-corrected chi connectivity index (χ1v) is 19.5. The van der Waals surface area contributed by atoms with E-state index in [2.05, 4.69) is 138 Å². The summed E-state index contributed by atoms with van der Waals surface area (Å²) in [6, 6.07) is 39.9. The molecule has 0 amide bonds. The predicted molar refractivity (Wildman–Crippen MR) is 223 cm³/mol. The third kappa shape index (κ3) is 10.7. The molecule has 2 aromatic heterocycles. The van der Waals surface area contributed by atoms with Gasteiger partial charge in [0.05, 0.1) is 11.9 Å². The zero-order chi connectivity index (χ0) is 38.4. The second-order valence-corrected chi connectivity index (χ2v) is 14.2. The fourth-order valence-corrected chi connectivity index (χ4v) is 7.02. The number of ether oxygens (including phenoxy) is 1. The molecule has 0 bridgehead atoms. The summed E-state index contributed by atoms with van der Waals surface area (Å²) in [7, 11) is 2.12. The van der Waals surface area contributed by atoms with Crippen LogP contribution in [0.25, 0.3) is 22.4 Å². The van der Waals surface area contributed by atoms with Gasteiger partial charge in [-0.15, -0.1) is 5.10 Å². The quantitative estimate of drug-likeness (QED) is 0.0659. The Kier molecular flexibility index (Phi) is 13.9. The van der Waals surface area contributed by atoms with E-state index in [1.165, 1.54) is 39.5 Å². The summed E-state index contributed by atoms with van der Waals surface area (Å²) >= 11 is 0. The van der Waals surface area contributed by atoms with E-state index in [9.17, 15) is 9.90 Å². The number of hydrogen-bond donors (Lipinski definition) is 1. The average molecular weight is 736 g/mol. The van der Waals surface area contributed by atoms with Crippen LogP contribution in [-0.4, -0.2) is 49.8 Å². The number of likely N-dealkylation sites (N-methyl/N-ethyl adjacent to an activating group) is 1. The van der Waals surface area contributed by atoms with Gasteiger partial charge in [-0.05, 0) is 78.8 Å². The number of benzene rings is 4. The molecule has 0 aliphatic heterocycles. The van der Waals surface area contributed by atoms with Crippen molar-refractivity contribution >= 4 is 11.1 Å². The Bertz CT molecular complexity index is 2170. The molecule has 0 unspecified atom stereocenters. The Morgan fingerprint density at radius 3 is 2.09 bits per heavy atom. The van der Waals surface area contributed by atoms with Crippen molar-refractivity contribution in [2.24, 2.45) is 0 Å². The lowest BCUT2D eigenvalue weighted by molar-refractivity contribution is 0.233. The molecular weight excluding hydrogens is 683 g/mol. The van der Waals surface area contributed by atoms with E-state index in [4.69, 9.17) is 4.74 Å². The summed E-state index contributed by atoms with van der Waals surface area (Å²) in [5.41, 5.74) is 9.74. The fraction of sp³-hybridized carbons (Fsp3) is 0.298. The van der Waals surface area contributed by atoms with Crippen LogP contribution in [0.1, 0.15) is 73.4 Å². The van der Waals surface area contributed by atoms with Gasteiger partial charge in [0.1, 0.15) is 18.1 Å². The van der Waals surface area contributed by atoms with Crippen LogP contribution >= 0.6 is 0 Å². The molecule has 55 heavy (non-hydrogen) atoms. The smallest absolute Gasteiger partial charge is 0.223 e. The number of hydrogen-bond acceptors (Lipinski definition) is 6. The first-order valence-electron chi connectivity index (χ1n) is 19.5. The van der Waals surface area contributed by atoms with Crippen LogP contribution in [0, 0.1) is 6.92 Å². The molecule has 0 atom stereocenters. The maximum absolute atomic E-state index is 11.6. The van der Waals surface area contributed by atoms with Gasteiger partial charge >= 0.3 is 0 Å². The van der Waals surface area contributed by atoms with Gasteiger partial charge in [0, 0.05) is 44.0 Å². The minimum absolute atomic E-state index is 0.148. The molecule has 0 radical (unpaired) electrons. The highest BCUT2D eigenvalue weighted by atomic mass is 16.5. The molecule has 8 heteroatoms. The SMILES string of the molecule is CC/C(=C(\c1ccccc1)c1ccc(OCCN(C)Cc2ccc(-c3cn(CCCCCCCn4ccc(=O)c(O)c4C)nn3)cc2)cc1)c1ccccc1. The van der Waals surface area contributed by atoms with E-state index in [0.717, 1.165) is 81.7 Å². The molecule has 0 saturated carbocycles. The molecule has 0 saturated heterocycles. The van der Waals surface area contributed by atoms with E-state index in [1.807, 2.05) is 15.4 Å². The van der Waals surface area contributed by atoms with Crippen molar-refractivity contribution in [3.05, 3.63) is 166 Å². The summed E-state index contributed by atoms with van der Waals surface area (Å²) in [6.07, 6.45) is 10.1. The zero-order valence-electron chi connectivity index (χ0n) is 32.4. The maximum atomic E-state index is 11.6. The van der Waals surface area contributed by atoms with E-state index in [0.29, 0.717) is 12.3 Å². The second kappa shape index (κ2) is 19.6. The number of aromatic hydroxyl groups is 1. The molecule has 4 aromatic carbocycles. The molecular formula is C47H53N5O3. The van der Waals surface area contributed by atoms with Crippen LogP contribution in [0.4, 0.5) is 0 Å². The van der Waals surface area contributed by atoms with Crippen molar-refractivity contribution in [2.45, 2.75) is 72.0 Å². The Morgan fingerprint density at radius 1 is 0.764 bits per heavy atom. The van der Waals surface area contributed by atoms with Crippen molar-refractivity contribution in [3.63, 3.8) is 0 Å². The molecule has 8 nitrogen and oxygen atoms in total. The van der Waals surface area contributed by atoms with Crippen molar-refractivity contribution < 1.29 is 9.84 Å². The summed E-state index contributed by atoms with van der Waals surface area (Å²) in [6.45, 7) is 7.89. The van der Waals surface area contributed by atoms with E-state index < -0.39 is 0 Å². The van der Waals surface area contributed by atoms with Crippen LogP contribution in [0.2, 0.25) is 0 Å². The van der Waals surface area contributed by atoms with Gasteiger partial charge in [-0.2, -0.15) is 0 Å². The monoisotopic (exact) mass is 735 g/mol. The van der Waals surface area contributed by atoms with Crippen molar-refractivity contribution in [1.29, 1.82) is 0 Å². The summed E-state index contributed by atoms with van der Waals surface area (Å²) in [5.74, 6) is 0.724. The largest absolute Gasteiger partial charge is 0.503 e. The van der Waals surface area contributed by atoms with Crippen molar-refractivity contribution in [1.82, 2.24) is 24.5 Å². The van der Waals surface area contributed by atoms with Gasteiger partial charge in [-0.3, -0.25) is 14.4 Å². The molecule has 6 rings (SSSR count). The molecule has 0 fully saturated rings. The molecule has 0 spiro atoms. The number of aryl methyl sites for hydroxylation is 2. The van der Waals surface area contributed by atoms with E-state index in [-0.39, 0.29) is 11.2 Å². The summed E-state index contributed by atoms with van der Waals surface area (Å²) in [5, 5.41) is 18.6. The molecule has 0 aliphatic rings. The number of allylic oxidation sites excluding steroid dienone is 1. The topological polar surface area (TPSA) is 85.4 Å². The lowest BCUT2D eigenvalue weighted by Gasteiger charge is -2.18. The van der Waals surface area contributed by atoms with Crippen molar-refractivity contribution in [2.75, 3.05) is 20.2 Å². The van der Waals surface area contributed by atoms with Crippen LogP contribution in [0.15, 0.2) is 132 Å². The number of unbranched alkanes of at least 4 members (excludes halogenated alkanes) is 4. The third-order valence-corrected chi connectivity index (χ3v) is 10.2. The predicted octanol–water partition coefficient (Wildman–Crippen LogP) is 9.65. The maximum Gasteiger partial charge on any atom is 0.223 e. The van der Waals surface area contributed by atoms with E-state index >= 15 is 0 Å². The molecule has 2 heterocycles. The lowest BCUT2D eigenvalue weighted by Crippen LogP contribution is -2.23. The highest BCUT2D eigenvalue weighted by Gasteiger charge is 2.13. The first-order chi connectivity index (χ1) is 26.9. The second-order valence-electron chi connectivity index (χ2n) is 14.2. The normalized spacial score (nSPS) is 11.9. The van der Waals surface area contributed by atoms with Gasteiger partial charge in [-0.1, -0.05) is 128 Å². The van der Waals surface area contributed by atoms with Gasteiger partial charge in [0.15, 0.2) is 5.75 Å². The Labute approximate surface area is 325 Å². The minimum atomic E-state index is -0.321. The fourth-order valence-electron chi connectivity index (χ4n) is 7.02. The van der Waals surface area contributed by atoms with E-state index in [1.54, 1.807) is 13.1 Å². The van der Waals surface area contributed by atoms with Gasteiger partial charge in [-0.25, -0.2) is 0 Å². The molecule has 1 N–H and O–H groups in total. The minimum Gasteiger partial charge on any atom is -0.503 e. The average Bonchev–Trinajstić information content (AvgIpc) is 3.69.